The molecule has 0 aromatic heterocycles. The number of amides is 1. The zero-order chi connectivity index (χ0) is 23.8. The Hall–Kier alpha value is -3.65. The van der Waals surface area contributed by atoms with E-state index < -0.39 is 15.8 Å². The average molecular weight is 468 g/mol. The molecule has 0 aliphatic carbocycles. The minimum atomic E-state index is -3.29. The molecule has 0 heterocycles. The summed E-state index contributed by atoms with van der Waals surface area (Å²) < 4.78 is 34.6. The standard InChI is InChI=1S/C25H25NO6S/c1-3-15-33(29,30)23-13-7-18(8-14-23)17-32-25(28)20-5-4-6-21(16-20)26-24(27)19-9-11-22(31-2)12-10-19/h4-14,16H,3,15,17H2,1-2H3,(H,26,27). The second-order valence-corrected chi connectivity index (χ2v) is 9.41. The van der Waals surface area contributed by atoms with Gasteiger partial charge in [0.25, 0.3) is 5.91 Å². The monoisotopic (exact) mass is 467 g/mol. The predicted octanol–water partition coefficient (Wildman–Crippen LogP) is 4.49. The fourth-order valence-electron chi connectivity index (χ4n) is 3.08. The van der Waals surface area contributed by atoms with E-state index in [1.807, 2.05) is 6.92 Å². The van der Waals surface area contributed by atoms with Crippen molar-refractivity contribution in [2.45, 2.75) is 24.8 Å². The molecule has 0 saturated carbocycles. The number of rotatable bonds is 9. The Morgan fingerprint density at radius 3 is 2.24 bits per heavy atom. The van der Waals surface area contributed by atoms with Crippen molar-refractivity contribution in [1.82, 2.24) is 0 Å². The third-order valence-electron chi connectivity index (χ3n) is 4.83. The van der Waals surface area contributed by atoms with Gasteiger partial charge in [0.1, 0.15) is 12.4 Å². The Balaban J connectivity index is 1.60. The molecule has 0 atom stereocenters. The highest BCUT2D eigenvalue weighted by Crippen LogP contribution is 2.17. The van der Waals surface area contributed by atoms with E-state index in [9.17, 15) is 18.0 Å². The Morgan fingerprint density at radius 2 is 1.61 bits per heavy atom. The maximum Gasteiger partial charge on any atom is 0.338 e. The summed E-state index contributed by atoms with van der Waals surface area (Å²) in [5.74, 6) is -0.139. The first-order chi connectivity index (χ1) is 15.8. The highest BCUT2D eigenvalue weighted by atomic mass is 32.2. The lowest BCUT2D eigenvalue weighted by Gasteiger charge is -2.09. The maximum atomic E-state index is 12.5. The highest BCUT2D eigenvalue weighted by molar-refractivity contribution is 7.91. The first-order valence-electron chi connectivity index (χ1n) is 10.4. The second kappa shape index (κ2) is 10.8. The van der Waals surface area contributed by atoms with E-state index in [-0.39, 0.29) is 28.7 Å². The number of nitrogens with one attached hydrogen (secondary N) is 1. The molecular formula is C25H25NO6S. The minimum Gasteiger partial charge on any atom is -0.497 e. The molecule has 8 heteroatoms. The summed E-state index contributed by atoms with van der Waals surface area (Å²) >= 11 is 0. The molecule has 0 fully saturated rings. The van der Waals surface area contributed by atoms with Crippen molar-refractivity contribution < 1.29 is 27.5 Å². The summed E-state index contributed by atoms with van der Waals surface area (Å²) in [4.78, 5) is 25.1. The second-order valence-electron chi connectivity index (χ2n) is 7.30. The Bertz CT molecular complexity index is 1220. The molecule has 3 aromatic rings. The number of ether oxygens (including phenoxy) is 2. The van der Waals surface area contributed by atoms with Crippen LogP contribution in [0.3, 0.4) is 0 Å². The Kier molecular flexibility index (Phi) is 7.84. The Labute approximate surface area is 193 Å². The number of carbonyl (C=O) groups is 2. The zero-order valence-corrected chi connectivity index (χ0v) is 19.2. The summed E-state index contributed by atoms with van der Waals surface area (Å²) in [6.07, 6.45) is 0.543. The minimum absolute atomic E-state index is 0.00459. The number of anilines is 1. The van der Waals surface area contributed by atoms with Crippen molar-refractivity contribution in [2.75, 3.05) is 18.2 Å². The van der Waals surface area contributed by atoms with Gasteiger partial charge in [0.2, 0.25) is 0 Å². The predicted molar refractivity (Wildman–Crippen MR) is 125 cm³/mol. The van der Waals surface area contributed by atoms with Crippen LogP contribution in [0.1, 0.15) is 39.6 Å². The largest absolute Gasteiger partial charge is 0.497 e. The number of methoxy groups -OCH3 is 1. The fraction of sp³-hybridized carbons (Fsp3) is 0.200. The highest BCUT2D eigenvalue weighted by Gasteiger charge is 2.14. The van der Waals surface area contributed by atoms with Crippen molar-refractivity contribution in [3.63, 3.8) is 0 Å². The SMILES string of the molecule is CCCS(=O)(=O)c1ccc(COC(=O)c2cccc(NC(=O)c3ccc(OC)cc3)c2)cc1. The van der Waals surface area contributed by atoms with Crippen molar-refractivity contribution in [2.24, 2.45) is 0 Å². The molecule has 0 saturated heterocycles. The van der Waals surface area contributed by atoms with Crippen molar-refractivity contribution in [3.05, 3.63) is 89.5 Å². The van der Waals surface area contributed by atoms with Crippen LogP contribution in [-0.4, -0.2) is 33.2 Å². The molecule has 0 aliphatic rings. The van der Waals surface area contributed by atoms with Crippen LogP contribution in [0.2, 0.25) is 0 Å². The zero-order valence-electron chi connectivity index (χ0n) is 18.4. The summed E-state index contributed by atoms with van der Waals surface area (Å²) in [5, 5.41) is 2.75. The van der Waals surface area contributed by atoms with E-state index >= 15 is 0 Å². The van der Waals surface area contributed by atoms with Crippen LogP contribution in [0, 0.1) is 0 Å². The topological polar surface area (TPSA) is 98.8 Å². The molecule has 1 N–H and O–H groups in total. The number of hydrogen-bond donors (Lipinski definition) is 1. The summed E-state index contributed by atoms with van der Waals surface area (Å²) in [5.41, 5.74) is 1.86. The normalized spacial score (nSPS) is 11.0. The van der Waals surface area contributed by atoms with E-state index in [1.54, 1.807) is 61.7 Å². The van der Waals surface area contributed by atoms with Crippen LogP contribution < -0.4 is 10.1 Å². The summed E-state index contributed by atoms with van der Waals surface area (Å²) in [6.45, 7) is 1.81. The van der Waals surface area contributed by atoms with Gasteiger partial charge in [-0.2, -0.15) is 0 Å². The van der Waals surface area contributed by atoms with Crippen molar-refractivity contribution in [3.8, 4) is 5.75 Å². The van der Waals surface area contributed by atoms with Gasteiger partial charge in [-0.25, -0.2) is 13.2 Å². The smallest absolute Gasteiger partial charge is 0.338 e. The van der Waals surface area contributed by atoms with E-state index in [0.717, 1.165) is 0 Å². The lowest BCUT2D eigenvalue weighted by molar-refractivity contribution is 0.0472. The first-order valence-corrected chi connectivity index (χ1v) is 12.0. The van der Waals surface area contributed by atoms with Crippen molar-refractivity contribution in [1.29, 1.82) is 0 Å². The van der Waals surface area contributed by atoms with E-state index in [2.05, 4.69) is 5.32 Å². The van der Waals surface area contributed by atoms with Gasteiger partial charge in [-0.05, 0) is 66.6 Å². The van der Waals surface area contributed by atoms with Gasteiger partial charge in [0, 0.05) is 11.3 Å². The number of carbonyl (C=O) groups excluding carboxylic acids is 2. The Morgan fingerprint density at radius 1 is 0.909 bits per heavy atom. The molecule has 33 heavy (non-hydrogen) atoms. The third kappa shape index (κ3) is 6.43. The third-order valence-corrected chi connectivity index (χ3v) is 6.77. The van der Waals surface area contributed by atoms with Crippen LogP contribution in [0.25, 0.3) is 0 Å². The van der Waals surface area contributed by atoms with E-state index in [0.29, 0.717) is 29.0 Å². The van der Waals surface area contributed by atoms with Crippen molar-refractivity contribution >= 4 is 27.4 Å². The molecule has 0 bridgehead atoms. The molecule has 0 spiro atoms. The molecule has 0 unspecified atom stereocenters. The lowest BCUT2D eigenvalue weighted by Crippen LogP contribution is -2.12. The average Bonchev–Trinajstić information content (AvgIpc) is 2.83. The van der Waals surface area contributed by atoms with Gasteiger partial charge in [0.15, 0.2) is 9.84 Å². The summed E-state index contributed by atoms with van der Waals surface area (Å²) in [7, 11) is -1.74. The van der Waals surface area contributed by atoms with Crippen LogP contribution in [0.4, 0.5) is 5.69 Å². The molecule has 0 aliphatic heterocycles. The van der Waals surface area contributed by atoms with Crippen LogP contribution in [-0.2, 0) is 21.2 Å². The van der Waals surface area contributed by atoms with E-state index in [4.69, 9.17) is 9.47 Å². The van der Waals surface area contributed by atoms with Gasteiger partial charge in [-0.1, -0.05) is 25.1 Å². The molecule has 3 rings (SSSR count). The molecule has 0 radical (unpaired) electrons. The van der Waals surface area contributed by atoms with Crippen LogP contribution in [0.5, 0.6) is 5.75 Å². The summed E-state index contributed by atoms with van der Waals surface area (Å²) in [6, 6.07) is 19.4. The van der Waals surface area contributed by atoms with Gasteiger partial charge in [-0.15, -0.1) is 0 Å². The number of benzene rings is 3. The lowest BCUT2D eigenvalue weighted by atomic mass is 10.1. The van der Waals surface area contributed by atoms with Gasteiger partial charge >= 0.3 is 5.97 Å². The maximum absolute atomic E-state index is 12.5. The number of esters is 1. The van der Waals surface area contributed by atoms with E-state index in [1.165, 1.54) is 18.2 Å². The molecule has 7 nitrogen and oxygen atoms in total. The van der Waals surface area contributed by atoms with Crippen LogP contribution in [0.15, 0.2) is 77.7 Å². The van der Waals surface area contributed by atoms with Gasteiger partial charge in [0.05, 0.1) is 23.3 Å². The molecular weight excluding hydrogens is 442 g/mol. The van der Waals surface area contributed by atoms with Gasteiger partial charge < -0.3 is 14.8 Å². The molecule has 1 amide bonds. The van der Waals surface area contributed by atoms with Crippen LogP contribution >= 0.6 is 0 Å². The first kappa shape index (κ1) is 24.0. The molecule has 3 aromatic carbocycles. The number of sulfone groups is 1. The molecule has 172 valence electrons. The van der Waals surface area contributed by atoms with Gasteiger partial charge in [-0.3, -0.25) is 4.79 Å². The fourth-order valence-corrected chi connectivity index (χ4v) is 4.41. The number of hydrogen-bond acceptors (Lipinski definition) is 6. The quantitative estimate of drug-likeness (QED) is 0.466.